The van der Waals surface area contributed by atoms with Crippen molar-refractivity contribution in [3.05, 3.63) is 94.0 Å². The van der Waals surface area contributed by atoms with Gasteiger partial charge in [0.2, 0.25) is 0 Å². The van der Waals surface area contributed by atoms with Gasteiger partial charge in [-0.3, -0.25) is 19.7 Å². The van der Waals surface area contributed by atoms with Crippen LogP contribution in [-0.2, 0) is 0 Å². The molecule has 0 radical (unpaired) electrons. The number of ether oxygens (including phenoxy) is 1. The minimum absolute atomic E-state index is 0.0662. The summed E-state index contributed by atoms with van der Waals surface area (Å²) in [7, 11) is 1.52. The number of thioether (sulfide) groups is 1. The molecule has 1 amide bonds. The van der Waals surface area contributed by atoms with Crippen LogP contribution in [0.5, 0.6) is 5.75 Å². The molecule has 0 fully saturated rings. The van der Waals surface area contributed by atoms with E-state index >= 15 is 0 Å². The van der Waals surface area contributed by atoms with E-state index in [0.717, 1.165) is 4.90 Å². The van der Waals surface area contributed by atoms with Crippen molar-refractivity contribution in [2.75, 3.05) is 18.2 Å². The van der Waals surface area contributed by atoms with Gasteiger partial charge in [0.05, 0.1) is 23.3 Å². The first-order valence-corrected chi connectivity index (χ1v) is 9.91. The van der Waals surface area contributed by atoms with Crippen LogP contribution in [0.1, 0.15) is 20.7 Å². The Morgan fingerprint density at radius 1 is 1.03 bits per heavy atom. The lowest BCUT2D eigenvalue weighted by Gasteiger charge is -2.09. The molecule has 0 saturated carbocycles. The Bertz CT molecular complexity index is 1100. The Balaban J connectivity index is 1.66. The molecule has 0 aromatic heterocycles. The van der Waals surface area contributed by atoms with E-state index in [0.29, 0.717) is 17.0 Å². The van der Waals surface area contributed by atoms with Crippen LogP contribution in [-0.4, -0.2) is 29.5 Å². The Kier molecular flexibility index (Phi) is 6.82. The van der Waals surface area contributed by atoms with E-state index < -0.39 is 10.8 Å². The maximum atomic E-state index is 12.5. The van der Waals surface area contributed by atoms with E-state index in [1.54, 1.807) is 42.5 Å². The summed E-state index contributed by atoms with van der Waals surface area (Å²) in [4.78, 5) is 36.1. The Morgan fingerprint density at radius 3 is 2.57 bits per heavy atom. The van der Waals surface area contributed by atoms with Crippen molar-refractivity contribution in [3.8, 4) is 5.75 Å². The SMILES string of the molecule is COc1ccccc1C(=O)CSc1cccc(NC(=O)c2cccc([N+](=O)[O-])c2)c1. The van der Waals surface area contributed by atoms with Crippen molar-refractivity contribution in [1.29, 1.82) is 0 Å². The van der Waals surface area contributed by atoms with Gasteiger partial charge < -0.3 is 10.1 Å². The molecule has 152 valence electrons. The quantitative estimate of drug-likeness (QED) is 0.242. The Labute approximate surface area is 177 Å². The number of non-ortho nitro benzene ring substituents is 1. The second-order valence-electron chi connectivity index (χ2n) is 6.20. The molecule has 0 heterocycles. The van der Waals surface area contributed by atoms with E-state index in [9.17, 15) is 19.7 Å². The average Bonchev–Trinajstić information content (AvgIpc) is 2.77. The van der Waals surface area contributed by atoms with E-state index in [1.807, 2.05) is 6.07 Å². The van der Waals surface area contributed by atoms with Gasteiger partial charge in [-0.15, -0.1) is 11.8 Å². The first-order valence-electron chi connectivity index (χ1n) is 8.93. The fraction of sp³-hybridized carbons (Fsp3) is 0.0909. The predicted molar refractivity (Wildman–Crippen MR) is 116 cm³/mol. The van der Waals surface area contributed by atoms with Gasteiger partial charge >= 0.3 is 0 Å². The molecular formula is C22H18N2O5S. The summed E-state index contributed by atoms with van der Waals surface area (Å²) in [6.07, 6.45) is 0. The molecule has 0 aliphatic heterocycles. The third-order valence-electron chi connectivity index (χ3n) is 4.19. The number of rotatable bonds is 8. The summed E-state index contributed by atoms with van der Waals surface area (Å²) >= 11 is 1.34. The van der Waals surface area contributed by atoms with Crippen molar-refractivity contribution >= 4 is 34.8 Å². The lowest BCUT2D eigenvalue weighted by molar-refractivity contribution is -0.384. The van der Waals surface area contributed by atoms with Crippen LogP contribution in [0.15, 0.2) is 77.7 Å². The smallest absolute Gasteiger partial charge is 0.270 e. The minimum Gasteiger partial charge on any atom is -0.496 e. The highest BCUT2D eigenvalue weighted by Crippen LogP contribution is 2.25. The van der Waals surface area contributed by atoms with Crippen LogP contribution >= 0.6 is 11.8 Å². The average molecular weight is 422 g/mol. The Hall–Kier alpha value is -3.65. The van der Waals surface area contributed by atoms with Crippen LogP contribution in [0.4, 0.5) is 11.4 Å². The molecular weight excluding hydrogens is 404 g/mol. The standard InChI is InChI=1S/C22H18N2O5S/c1-29-21-11-3-2-10-19(21)20(25)14-30-18-9-5-7-16(13-18)23-22(26)15-6-4-8-17(12-15)24(27)28/h2-13H,14H2,1H3,(H,23,26). The number of nitro benzene ring substituents is 1. The summed E-state index contributed by atoms with van der Waals surface area (Å²) in [6, 6.07) is 19.6. The number of Topliss-reactive ketones (excluding diaryl/α,β-unsaturated/α-hetero) is 1. The van der Waals surface area contributed by atoms with E-state index in [4.69, 9.17) is 4.74 Å². The normalized spacial score (nSPS) is 10.3. The number of methoxy groups -OCH3 is 1. The molecule has 0 spiro atoms. The number of benzene rings is 3. The molecule has 8 heteroatoms. The fourth-order valence-electron chi connectivity index (χ4n) is 2.73. The van der Waals surface area contributed by atoms with Crippen molar-refractivity contribution < 1.29 is 19.2 Å². The molecule has 0 aliphatic rings. The maximum absolute atomic E-state index is 12.5. The summed E-state index contributed by atoms with van der Waals surface area (Å²) in [5.41, 5.74) is 1.08. The lowest BCUT2D eigenvalue weighted by atomic mass is 10.1. The van der Waals surface area contributed by atoms with E-state index in [2.05, 4.69) is 5.32 Å². The number of carbonyl (C=O) groups excluding carboxylic acids is 2. The van der Waals surface area contributed by atoms with E-state index in [-0.39, 0.29) is 22.8 Å². The van der Waals surface area contributed by atoms with Crippen LogP contribution in [0, 0.1) is 10.1 Å². The zero-order valence-corrected chi connectivity index (χ0v) is 16.8. The first-order chi connectivity index (χ1) is 14.5. The monoisotopic (exact) mass is 422 g/mol. The van der Waals surface area contributed by atoms with Crippen LogP contribution in [0.25, 0.3) is 0 Å². The van der Waals surface area contributed by atoms with Gasteiger partial charge in [-0.1, -0.05) is 24.3 Å². The zero-order valence-electron chi connectivity index (χ0n) is 16.0. The number of hydrogen-bond acceptors (Lipinski definition) is 6. The molecule has 30 heavy (non-hydrogen) atoms. The molecule has 0 unspecified atom stereocenters. The highest BCUT2D eigenvalue weighted by molar-refractivity contribution is 8.00. The topological polar surface area (TPSA) is 98.5 Å². The Morgan fingerprint density at radius 2 is 1.80 bits per heavy atom. The largest absolute Gasteiger partial charge is 0.496 e. The zero-order chi connectivity index (χ0) is 21.5. The number of anilines is 1. The van der Waals surface area contributed by atoms with Gasteiger partial charge in [-0.25, -0.2) is 0 Å². The van der Waals surface area contributed by atoms with Gasteiger partial charge in [0.1, 0.15) is 5.75 Å². The second kappa shape index (κ2) is 9.71. The molecule has 3 rings (SSSR count). The van der Waals surface area contributed by atoms with Crippen LogP contribution in [0.2, 0.25) is 0 Å². The highest BCUT2D eigenvalue weighted by Gasteiger charge is 2.14. The van der Waals surface area contributed by atoms with Gasteiger partial charge in [0, 0.05) is 28.3 Å². The lowest BCUT2D eigenvalue weighted by Crippen LogP contribution is -2.12. The molecule has 1 N–H and O–H groups in total. The number of ketones is 1. The third kappa shape index (κ3) is 5.24. The van der Waals surface area contributed by atoms with Crippen molar-refractivity contribution in [2.24, 2.45) is 0 Å². The summed E-state index contributed by atoms with van der Waals surface area (Å²) in [5.74, 6) is 0.221. The second-order valence-corrected chi connectivity index (χ2v) is 7.25. The van der Waals surface area contributed by atoms with Crippen molar-refractivity contribution in [3.63, 3.8) is 0 Å². The summed E-state index contributed by atoms with van der Waals surface area (Å²) in [6.45, 7) is 0. The number of hydrogen-bond donors (Lipinski definition) is 1. The van der Waals surface area contributed by atoms with Gasteiger partial charge in [0.15, 0.2) is 5.78 Å². The van der Waals surface area contributed by atoms with Crippen LogP contribution in [0.3, 0.4) is 0 Å². The van der Waals surface area contributed by atoms with E-state index in [1.165, 1.54) is 43.1 Å². The molecule has 0 aliphatic carbocycles. The fourth-order valence-corrected chi connectivity index (χ4v) is 3.57. The maximum Gasteiger partial charge on any atom is 0.270 e. The first kappa shape index (κ1) is 21.1. The summed E-state index contributed by atoms with van der Waals surface area (Å²) < 4.78 is 5.23. The number of nitro groups is 1. The van der Waals surface area contributed by atoms with Gasteiger partial charge in [-0.2, -0.15) is 0 Å². The number of para-hydroxylation sites is 1. The number of nitrogens with one attached hydrogen (secondary N) is 1. The van der Waals surface area contributed by atoms with Gasteiger partial charge in [0.25, 0.3) is 11.6 Å². The predicted octanol–water partition coefficient (Wildman–Crippen LogP) is 4.83. The van der Waals surface area contributed by atoms with Crippen LogP contribution < -0.4 is 10.1 Å². The molecule has 0 saturated heterocycles. The number of carbonyl (C=O) groups is 2. The molecule has 7 nitrogen and oxygen atoms in total. The van der Waals surface area contributed by atoms with Gasteiger partial charge in [-0.05, 0) is 36.4 Å². The number of nitrogens with zero attached hydrogens (tertiary/aromatic N) is 1. The summed E-state index contributed by atoms with van der Waals surface area (Å²) in [5, 5.41) is 13.6. The molecule has 0 bridgehead atoms. The highest BCUT2D eigenvalue weighted by atomic mass is 32.2. The third-order valence-corrected chi connectivity index (χ3v) is 5.18. The minimum atomic E-state index is -0.549. The van der Waals surface area contributed by atoms with Crippen molar-refractivity contribution in [2.45, 2.75) is 4.90 Å². The molecule has 0 atom stereocenters. The molecule has 3 aromatic rings. The molecule has 3 aromatic carbocycles. The van der Waals surface area contributed by atoms with Crippen molar-refractivity contribution in [1.82, 2.24) is 0 Å². The number of amides is 1.